The van der Waals surface area contributed by atoms with Gasteiger partial charge in [-0.05, 0) is 55.5 Å². The van der Waals surface area contributed by atoms with Crippen molar-refractivity contribution < 1.29 is 13.6 Å². The lowest BCUT2D eigenvalue weighted by atomic mass is 10.2. The van der Waals surface area contributed by atoms with Gasteiger partial charge in [-0.1, -0.05) is 12.1 Å². The van der Waals surface area contributed by atoms with Gasteiger partial charge in [-0.3, -0.25) is 9.89 Å². The molecule has 0 saturated heterocycles. The summed E-state index contributed by atoms with van der Waals surface area (Å²) in [6, 6.07) is 16.3. The van der Waals surface area contributed by atoms with E-state index in [2.05, 4.69) is 20.5 Å². The van der Waals surface area contributed by atoms with E-state index in [1.165, 1.54) is 12.1 Å². The molecule has 0 unspecified atom stereocenters. The highest BCUT2D eigenvalue weighted by Gasteiger charge is 2.13. The minimum Gasteiger partial charge on any atom is -0.451 e. The Morgan fingerprint density at radius 1 is 1.07 bits per heavy atom. The van der Waals surface area contributed by atoms with Crippen LogP contribution in [0.1, 0.15) is 16.4 Å². The van der Waals surface area contributed by atoms with Crippen LogP contribution < -0.4 is 5.32 Å². The van der Waals surface area contributed by atoms with Gasteiger partial charge in [-0.2, -0.15) is 5.10 Å². The Labute approximate surface area is 154 Å². The van der Waals surface area contributed by atoms with Crippen molar-refractivity contribution in [3.8, 4) is 22.7 Å². The monoisotopic (exact) mass is 362 g/mol. The van der Waals surface area contributed by atoms with Crippen molar-refractivity contribution >= 4 is 11.6 Å². The molecule has 0 aliphatic carbocycles. The molecule has 2 aromatic carbocycles. The summed E-state index contributed by atoms with van der Waals surface area (Å²) in [7, 11) is 0. The second-order valence-electron chi connectivity index (χ2n) is 5.95. The Morgan fingerprint density at radius 2 is 1.89 bits per heavy atom. The second kappa shape index (κ2) is 6.87. The molecular weight excluding hydrogens is 347 g/mol. The van der Waals surface area contributed by atoms with Crippen molar-refractivity contribution in [2.24, 2.45) is 0 Å². The fourth-order valence-electron chi connectivity index (χ4n) is 2.63. The summed E-state index contributed by atoms with van der Waals surface area (Å²) in [5, 5.41) is 9.69. The molecule has 0 fully saturated rings. The van der Waals surface area contributed by atoms with Gasteiger partial charge in [0.25, 0.3) is 5.91 Å². The summed E-state index contributed by atoms with van der Waals surface area (Å²) in [6.45, 7) is 1.82. The standard InChI is InChI=1S/C20H15FN4O2/c1-12-22-19(25-24-12)14-3-2-4-16(11-14)23-20(26)18-10-9-17(27-18)13-5-7-15(21)8-6-13/h2-11H,1H3,(H,23,26)(H,22,24,25). The van der Waals surface area contributed by atoms with Gasteiger partial charge in [0.05, 0.1) is 0 Å². The van der Waals surface area contributed by atoms with E-state index in [0.717, 1.165) is 5.56 Å². The smallest absolute Gasteiger partial charge is 0.291 e. The third-order valence-corrected chi connectivity index (χ3v) is 3.93. The minimum absolute atomic E-state index is 0.161. The summed E-state index contributed by atoms with van der Waals surface area (Å²) in [6.07, 6.45) is 0. The maximum atomic E-state index is 13.0. The van der Waals surface area contributed by atoms with Crippen LogP contribution in [0, 0.1) is 12.7 Å². The normalized spacial score (nSPS) is 10.7. The molecule has 0 bridgehead atoms. The molecule has 0 spiro atoms. The van der Waals surface area contributed by atoms with Gasteiger partial charge in [-0.15, -0.1) is 0 Å². The molecule has 1 amide bonds. The predicted molar refractivity (Wildman–Crippen MR) is 98.6 cm³/mol. The zero-order valence-corrected chi connectivity index (χ0v) is 14.4. The largest absolute Gasteiger partial charge is 0.451 e. The first-order valence-corrected chi connectivity index (χ1v) is 8.25. The number of nitrogens with one attached hydrogen (secondary N) is 2. The van der Waals surface area contributed by atoms with E-state index in [0.29, 0.717) is 28.7 Å². The van der Waals surface area contributed by atoms with Crippen molar-refractivity contribution in [1.82, 2.24) is 15.2 Å². The van der Waals surface area contributed by atoms with Crippen molar-refractivity contribution in [1.29, 1.82) is 0 Å². The summed E-state index contributed by atoms with van der Waals surface area (Å²) >= 11 is 0. The summed E-state index contributed by atoms with van der Waals surface area (Å²) in [5.41, 5.74) is 2.07. The molecule has 2 N–H and O–H groups in total. The van der Waals surface area contributed by atoms with Crippen molar-refractivity contribution in [3.63, 3.8) is 0 Å². The molecule has 0 saturated carbocycles. The SMILES string of the molecule is Cc1nc(-c2cccc(NC(=O)c3ccc(-c4ccc(F)cc4)o3)c2)n[nH]1. The molecule has 2 heterocycles. The Kier molecular flexibility index (Phi) is 4.25. The van der Waals surface area contributed by atoms with E-state index in [-0.39, 0.29) is 17.5 Å². The van der Waals surface area contributed by atoms with Gasteiger partial charge in [0, 0.05) is 16.8 Å². The number of hydrogen-bond acceptors (Lipinski definition) is 4. The number of amides is 1. The molecule has 134 valence electrons. The lowest BCUT2D eigenvalue weighted by Gasteiger charge is -2.04. The van der Waals surface area contributed by atoms with Gasteiger partial charge in [0.1, 0.15) is 17.4 Å². The number of aryl methyl sites for hydroxylation is 1. The summed E-state index contributed by atoms with van der Waals surface area (Å²) in [5.74, 6) is 1.21. The van der Waals surface area contributed by atoms with E-state index < -0.39 is 0 Å². The third kappa shape index (κ3) is 3.62. The van der Waals surface area contributed by atoms with Crippen molar-refractivity contribution in [3.05, 3.63) is 78.1 Å². The number of halogens is 1. The van der Waals surface area contributed by atoms with E-state index in [1.807, 2.05) is 19.1 Å². The van der Waals surface area contributed by atoms with Crippen LogP contribution in [0.25, 0.3) is 22.7 Å². The van der Waals surface area contributed by atoms with Crippen LogP contribution in [0.2, 0.25) is 0 Å². The first-order valence-electron chi connectivity index (χ1n) is 8.25. The first kappa shape index (κ1) is 16.7. The van der Waals surface area contributed by atoms with Gasteiger partial charge < -0.3 is 9.73 Å². The van der Waals surface area contributed by atoms with Gasteiger partial charge >= 0.3 is 0 Å². The van der Waals surface area contributed by atoms with Crippen LogP contribution in [0.3, 0.4) is 0 Å². The van der Waals surface area contributed by atoms with Crippen LogP contribution >= 0.6 is 0 Å². The quantitative estimate of drug-likeness (QED) is 0.562. The van der Waals surface area contributed by atoms with Crippen LogP contribution in [-0.4, -0.2) is 21.1 Å². The maximum absolute atomic E-state index is 13.0. The second-order valence-corrected chi connectivity index (χ2v) is 5.95. The Hall–Kier alpha value is -3.74. The number of H-pyrrole nitrogens is 1. The van der Waals surface area contributed by atoms with Gasteiger partial charge in [-0.25, -0.2) is 9.37 Å². The Bertz CT molecular complexity index is 1100. The average Bonchev–Trinajstić information content (AvgIpc) is 3.32. The van der Waals surface area contributed by atoms with E-state index in [9.17, 15) is 9.18 Å². The number of aromatic amines is 1. The topological polar surface area (TPSA) is 83.8 Å². The number of aromatic nitrogens is 3. The highest BCUT2D eigenvalue weighted by Crippen LogP contribution is 2.24. The molecule has 4 aromatic rings. The van der Waals surface area contributed by atoms with Gasteiger partial charge in [0.15, 0.2) is 11.6 Å². The fraction of sp³-hybridized carbons (Fsp3) is 0.0500. The minimum atomic E-state index is -0.383. The van der Waals surface area contributed by atoms with Crippen LogP contribution in [0.15, 0.2) is 65.1 Å². The molecular formula is C20H15FN4O2. The number of carbonyl (C=O) groups excluding carboxylic acids is 1. The van der Waals surface area contributed by atoms with E-state index in [1.54, 1.807) is 36.4 Å². The lowest BCUT2D eigenvalue weighted by molar-refractivity contribution is 0.0997. The van der Waals surface area contributed by atoms with Crippen molar-refractivity contribution in [2.75, 3.05) is 5.32 Å². The molecule has 0 aliphatic rings. The molecule has 0 atom stereocenters. The number of hydrogen-bond donors (Lipinski definition) is 2. The molecule has 7 heteroatoms. The lowest BCUT2D eigenvalue weighted by Crippen LogP contribution is -2.10. The molecule has 0 radical (unpaired) electrons. The number of carbonyl (C=O) groups is 1. The number of furan rings is 1. The highest BCUT2D eigenvalue weighted by molar-refractivity contribution is 6.02. The molecule has 6 nitrogen and oxygen atoms in total. The molecule has 4 rings (SSSR count). The maximum Gasteiger partial charge on any atom is 0.291 e. The van der Waals surface area contributed by atoms with Crippen molar-refractivity contribution in [2.45, 2.75) is 6.92 Å². The Morgan fingerprint density at radius 3 is 2.63 bits per heavy atom. The summed E-state index contributed by atoms with van der Waals surface area (Å²) < 4.78 is 18.6. The average molecular weight is 362 g/mol. The summed E-state index contributed by atoms with van der Waals surface area (Å²) in [4.78, 5) is 16.7. The van der Waals surface area contributed by atoms with Crippen LogP contribution in [-0.2, 0) is 0 Å². The van der Waals surface area contributed by atoms with Gasteiger partial charge in [0.2, 0.25) is 0 Å². The molecule has 27 heavy (non-hydrogen) atoms. The van der Waals surface area contributed by atoms with E-state index >= 15 is 0 Å². The number of benzene rings is 2. The zero-order valence-electron chi connectivity index (χ0n) is 14.4. The predicted octanol–water partition coefficient (Wildman–Crippen LogP) is 4.43. The van der Waals surface area contributed by atoms with Crippen LogP contribution in [0.5, 0.6) is 0 Å². The zero-order chi connectivity index (χ0) is 18.8. The molecule has 2 aromatic heterocycles. The first-order chi connectivity index (χ1) is 13.1. The number of rotatable bonds is 4. The van der Waals surface area contributed by atoms with E-state index in [4.69, 9.17) is 4.42 Å². The number of anilines is 1. The Balaban J connectivity index is 1.52. The molecule has 0 aliphatic heterocycles. The highest BCUT2D eigenvalue weighted by atomic mass is 19.1. The van der Waals surface area contributed by atoms with Crippen LogP contribution in [0.4, 0.5) is 10.1 Å². The third-order valence-electron chi connectivity index (χ3n) is 3.93. The fourth-order valence-corrected chi connectivity index (χ4v) is 2.63. The number of nitrogens with zero attached hydrogens (tertiary/aromatic N) is 2.